The SMILES string of the molecule is Cc1cc(S(=O)(=O)N(C)[C@@H]2CCCN(C)C2)ccc1[N+](=O)[O-]. The van der Waals surface area contributed by atoms with Gasteiger partial charge < -0.3 is 4.90 Å². The zero-order valence-corrected chi connectivity index (χ0v) is 13.8. The summed E-state index contributed by atoms with van der Waals surface area (Å²) in [6.45, 7) is 3.22. The summed E-state index contributed by atoms with van der Waals surface area (Å²) in [4.78, 5) is 12.5. The molecule has 0 aliphatic carbocycles. The molecule has 0 N–H and O–H groups in total. The molecule has 0 saturated carbocycles. The molecule has 0 aromatic heterocycles. The van der Waals surface area contributed by atoms with E-state index < -0.39 is 14.9 Å². The second-order valence-corrected chi connectivity index (χ2v) is 7.78. The molecular weight excluding hydrogens is 306 g/mol. The summed E-state index contributed by atoms with van der Waals surface area (Å²) in [7, 11) is -0.0888. The Morgan fingerprint density at radius 1 is 1.41 bits per heavy atom. The molecule has 0 bridgehead atoms. The molecule has 0 unspecified atom stereocenters. The van der Waals surface area contributed by atoms with Gasteiger partial charge in [-0.2, -0.15) is 4.31 Å². The zero-order valence-electron chi connectivity index (χ0n) is 13.0. The predicted molar refractivity (Wildman–Crippen MR) is 83.3 cm³/mol. The van der Waals surface area contributed by atoms with Crippen LogP contribution in [0.5, 0.6) is 0 Å². The van der Waals surface area contributed by atoms with Crippen LogP contribution in [0, 0.1) is 17.0 Å². The highest BCUT2D eigenvalue weighted by Gasteiger charge is 2.31. The normalized spacial score (nSPS) is 20.3. The molecular formula is C14H21N3O4S. The lowest BCUT2D eigenvalue weighted by Crippen LogP contribution is -2.47. The first kappa shape index (κ1) is 16.9. The van der Waals surface area contributed by atoms with Gasteiger partial charge >= 0.3 is 0 Å². The summed E-state index contributed by atoms with van der Waals surface area (Å²) >= 11 is 0. The largest absolute Gasteiger partial charge is 0.305 e. The Morgan fingerprint density at radius 3 is 2.64 bits per heavy atom. The van der Waals surface area contributed by atoms with E-state index in [2.05, 4.69) is 4.90 Å². The van der Waals surface area contributed by atoms with Gasteiger partial charge in [0.05, 0.1) is 9.82 Å². The van der Waals surface area contributed by atoms with E-state index >= 15 is 0 Å². The number of rotatable bonds is 4. The number of likely N-dealkylation sites (N-methyl/N-ethyl adjacent to an activating group) is 2. The highest BCUT2D eigenvalue weighted by Crippen LogP contribution is 2.26. The van der Waals surface area contributed by atoms with Crippen molar-refractivity contribution >= 4 is 15.7 Å². The van der Waals surface area contributed by atoms with Crippen molar-refractivity contribution in [2.45, 2.75) is 30.7 Å². The number of nitro benzene ring substituents is 1. The van der Waals surface area contributed by atoms with E-state index in [1.165, 1.54) is 22.5 Å². The molecule has 8 heteroatoms. The van der Waals surface area contributed by atoms with E-state index in [1.54, 1.807) is 14.0 Å². The number of benzene rings is 1. The van der Waals surface area contributed by atoms with Gasteiger partial charge in [-0.15, -0.1) is 0 Å². The third kappa shape index (κ3) is 3.29. The monoisotopic (exact) mass is 327 g/mol. The Balaban J connectivity index is 2.29. The number of likely N-dealkylation sites (tertiary alicyclic amines) is 1. The van der Waals surface area contributed by atoms with Crippen LogP contribution in [0.25, 0.3) is 0 Å². The van der Waals surface area contributed by atoms with Crippen LogP contribution in [0.15, 0.2) is 23.1 Å². The molecule has 0 radical (unpaired) electrons. The molecule has 0 spiro atoms. The van der Waals surface area contributed by atoms with Gasteiger partial charge in [-0.05, 0) is 45.5 Å². The van der Waals surface area contributed by atoms with Gasteiger partial charge in [0.2, 0.25) is 10.0 Å². The minimum absolute atomic E-state index is 0.0701. The molecule has 1 aromatic rings. The lowest BCUT2D eigenvalue weighted by atomic mass is 10.1. The minimum atomic E-state index is -3.64. The van der Waals surface area contributed by atoms with Crippen LogP contribution in [0.4, 0.5) is 5.69 Å². The van der Waals surface area contributed by atoms with Crippen LogP contribution < -0.4 is 0 Å². The van der Waals surface area contributed by atoms with Crippen LogP contribution in [-0.2, 0) is 10.0 Å². The molecule has 122 valence electrons. The summed E-state index contributed by atoms with van der Waals surface area (Å²) in [6, 6.07) is 3.86. The number of aryl methyl sites for hydroxylation is 1. The molecule has 1 fully saturated rings. The third-order valence-corrected chi connectivity index (χ3v) is 6.06. The van der Waals surface area contributed by atoms with Crippen molar-refractivity contribution in [2.24, 2.45) is 0 Å². The third-order valence-electron chi connectivity index (χ3n) is 4.16. The van der Waals surface area contributed by atoms with Crippen LogP contribution in [0.1, 0.15) is 18.4 Å². The fraction of sp³-hybridized carbons (Fsp3) is 0.571. The van der Waals surface area contributed by atoms with E-state index in [0.29, 0.717) is 12.1 Å². The van der Waals surface area contributed by atoms with Crippen LogP contribution in [-0.4, -0.2) is 55.8 Å². The molecule has 7 nitrogen and oxygen atoms in total. The van der Waals surface area contributed by atoms with Crippen molar-refractivity contribution in [1.82, 2.24) is 9.21 Å². The minimum Gasteiger partial charge on any atom is -0.305 e. The molecule has 1 aromatic carbocycles. The molecule has 1 aliphatic heterocycles. The van der Waals surface area contributed by atoms with E-state index in [4.69, 9.17) is 0 Å². The fourth-order valence-corrected chi connectivity index (χ4v) is 4.25. The topological polar surface area (TPSA) is 83.8 Å². The van der Waals surface area contributed by atoms with E-state index in [-0.39, 0.29) is 16.6 Å². The number of nitro groups is 1. The fourth-order valence-electron chi connectivity index (χ4n) is 2.79. The van der Waals surface area contributed by atoms with Crippen molar-refractivity contribution in [1.29, 1.82) is 0 Å². The zero-order chi connectivity index (χ0) is 16.5. The summed E-state index contributed by atoms with van der Waals surface area (Å²) in [5, 5.41) is 10.8. The lowest BCUT2D eigenvalue weighted by molar-refractivity contribution is -0.385. The number of sulfonamides is 1. The quantitative estimate of drug-likeness (QED) is 0.620. The van der Waals surface area contributed by atoms with Gasteiger partial charge in [-0.25, -0.2) is 8.42 Å². The molecule has 22 heavy (non-hydrogen) atoms. The lowest BCUT2D eigenvalue weighted by Gasteiger charge is -2.35. The Kier molecular flexibility index (Phi) is 4.84. The second-order valence-electron chi connectivity index (χ2n) is 5.78. The van der Waals surface area contributed by atoms with Crippen LogP contribution in [0.3, 0.4) is 0 Å². The number of hydrogen-bond donors (Lipinski definition) is 0. The Morgan fingerprint density at radius 2 is 2.09 bits per heavy atom. The average molecular weight is 327 g/mol. The maximum absolute atomic E-state index is 12.7. The summed E-state index contributed by atoms with van der Waals surface area (Å²) in [5.74, 6) is 0. The average Bonchev–Trinajstić information content (AvgIpc) is 2.45. The molecule has 1 atom stereocenters. The number of piperidine rings is 1. The van der Waals surface area contributed by atoms with Crippen molar-refractivity contribution < 1.29 is 13.3 Å². The first-order valence-electron chi connectivity index (χ1n) is 7.15. The molecule has 0 amide bonds. The molecule has 1 saturated heterocycles. The predicted octanol–water partition coefficient (Wildman–Crippen LogP) is 1.62. The maximum Gasteiger partial charge on any atom is 0.272 e. The van der Waals surface area contributed by atoms with Crippen LogP contribution >= 0.6 is 0 Å². The van der Waals surface area contributed by atoms with Crippen LogP contribution in [0.2, 0.25) is 0 Å². The first-order chi connectivity index (χ1) is 10.2. The van der Waals surface area contributed by atoms with Crippen molar-refractivity contribution in [3.63, 3.8) is 0 Å². The summed E-state index contributed by atoms with van der Waals surface area (Å²) in [6.07, 6.45) is 1.78. The molecule has 2 rings (SSSR count). The highest BCUT2D eigenvalue weighted by atomic mass is 32.2. The molecule has 1 aliphatic rings. The second kappa shape index (κ2) is 6.31. The van der Waals surface area contributed by atoms with Gasteiger partial charge in [-0.1, -0.05) is 0 Å². The van der Waals surface area contributed by atoms with E-state index in [0.717, 1.165) is 19.4 Å². The smallest absolute Gasteiger partial charge is 0.272 e. The Bertz CT molecular complexity index is 675. The summed E-state index contributed by atoms with van der Waals surface area (Å²) < 4.78 is 26.8. The van der Waals surface area contributed by atoms with Crippen molar-refractivity contribution in [3.05, 3.63) is 33.9 Å². The highest BCUT2D eigenvalue weighted by molar-refractivity contribution is 7.89. The first-order valence-corrected chi connectivity index (χ1v) is 8.59. The van der Waals surface area contributed by atoms with E-state index in [1.807, 2.05) is 7.05 Å². The van der Waals surface area contributed by atoms with Gasteiger partial charge in [0.25, 0.3) is 5.69 Å². The Hall–Kier alpha value is -1.51. The maximum atomic E-state index is 12.7. The van der Waals surface area contributed by atoms with E-state index in [9.17, 15) is 18.5 Å². The van der Waals surface area contributed by atoms with Gasteiger partial charge in [-0.3, -0.25) is 10.1 Å². The van der Waals surface area contributed by atoms with Crippen molar-refractivity contribution in [2.75, 3.05) is 27.2 Å². The standard InChI is InChI=1S/C14H21N3O4S/c1-11-9-13(6-7-14(11)17(18)19)22(20,21)16(3)12-5-4-8-15(2)10-12/h6-7,9,12H,4-5,8,10H2,1-3H3/t12-/m1/s1. The Labute approximate surface area is 130 Å². The number of hydrogen-bond acceptors (Lipinski definition) is 5. The van der Waals surface area contributed by atoms with Crippen molar-refractivity contribution in [3.8, 4) is 0 Å². The summed E-state index contributed by atoms with van der Waals surface area (Å²) in [5.41, 5.74) is 0.277. The van der Waals surface area contributed by atoms with Gasteiger partial charge in [0.1, 0.15) is 0 Å². The molecule has 1 heterocycles. The number of nitrogens with zero attached hydrogens (tertiary/aromatic N) is 3. The van der Waals surface area contributed by atoms with Gasteiger partial charge in [0.15, 0.2) is 0 Å². The van der Waals surface area contributed by atoms with Gasteiger partial charge in [0, 0.05) is 31.3 Å².